The summed E-state index contributed by atoms with van der Waals surface area (Å²) in [4.78, 5) is 33.3. The molecule has 41 heavy (non-hydrogen) atoms. The molecule has 2 fully saturated rings. The smallest absolute Gasteiger partial charge is 0.280 e. The Bertz CT molecular complexity index is 1450. The number of likely N-dealkylation sites (tertiary alicyclic amines) is 1. The van der Waals surface area contributed by atoms with Gasteiger partial charge in [0.1, 0.15) is 11.9 Å². The molecule has 3 aromatic heterocycles. The van der Waals surface area contributed by atoms with Gasteiger partial charge in [0.05, 0.1) is 46.6 Å². The highest BCUT2D eigenvalue weighted by Crippen LogP contribution is 2.29. The Labute approximate surface area is 243 Å². The molecule has 0 spiro atoms. The summed E-state index contributed by atoms with van der Waals surface area (Å²) in [5.41, 5.74) is 1.45. The lowest BCUT2D eigenvalue weighted by Crippen LogP contribution is -2.33. The lowest BCUT2D eigenvalue weighted by atomic mass is 10.1. The minimum absolute atomic E-state index is 0.233. The molecule has 0 bridgehead atoms. The second-order valence-corrected chi connectivity index (χ2v) is 13.2. The standard InChI is InChI=1S/C27H34FN7O4S2/c1-2-39-25-16-29-14-23(32-25)24-15-31-27(40-24)26(36)33-21(9-12-35-11-8-18(28)17-35)22-13-19(7-10-30-22)34-41(37,38)20-5-3-4-6-20/h7,10,13-16,18,20-21H,2-6,8-9,11-12,17H2,1H3,(H,30,34)(H,33,36)/t18-,21-/m0/s1. The zero-order valence-corrected chi connectivity index (χ0v) is 24.5. The maximum Gasteiger partial charge on any atom is 0.280 e. The van der Waals surface area contributed by atoms with Crippen LogP contribution in [0.2, 0.25) is 0 Å². The Morgan fingerprint density at radius 1 is 1.22 bits per heavy atom. The minimum atomic E-state index is -3.53. The molecule has 2 N–H and O–H groups in total. The third-order valence-corrected chi connectivity index (χ3v) is 10.1. The van der Waals surface area contributed by atoms with Crippen LogP contribution in [0.1, 0.15) is 67.0 Å². The number of aromatic nitrogens is 4. The molecule has 220 valence electrons. The normalized spacial score (nSPS) is 18.8. The second-order valence-electron chi connectivity index (χ2n) is 10.2. The van der Waals surface area contributed by atoms with Crippen LogP contribution in [-0.4, -0.2) is 76.8 Å². The number of nitrogens with one attached hydrogen (secondary N) is 2. The molecule has 1 aliphatic heterocycles. The van der Waals surface area contributed by atoms with E-state index in [4.69, 9.17) is 4.74 Å². The van der Waals surface area contributed by atoms with Gasteiger partial charge in [0, 0.05) is 32.0 Å². The molecule has 1 saturated heterocycles. The highest BCUT2D eigenvalue weighted by Gasteiger charge is 2.29. The van der Waals surface area contributed by atoms with Gasteiger partial charge in [-0.2, -0.15) is 0 Å². The molecule has 4 heterocycles. The highest BCUT2D eigenvalue weighted by atomic mass is 32.2. The van der Waals surface area contributed by atoms with Crippen LogP contribution in [-0.2, 0) is 10.0 Å². The van der Waals surface area contributed by atoms with Crippen LogP contribution in [0.5, 0.6) is 5.88 Å². The molecule has 1 saturated carbocycles. The number of ether oxygens (including phenoxy) is 1. The lowest BCUT2D eigenvalue weighted by molar-refractivity contribution is 0.0930. The van der Waals surface area contributed by atoms with Crippen molar-refractivity contribution in [2.24, 2.45) is 0 Å². The number of sulfonamides is 1. The van der Waals surface area contributed by atoms with Crippen molar-refractivity contribution in [1.82, 2.24) is 30.2 Å². The van der Waals surface area contributed by atoms with Crippen molar-refractivity contribution in [1.29, 1.82) is 0 Å². The summed E-state index contributed by atoms with van der Waals surface area (Å²) in [6, 6.07) is 2.71. The first kappa shape index (κ1) is 29.3. The molecular weight excluding hydrogens is 569 g/mol. The van der Waals surface area contributed by atoms with Gasteiger partial charge in [0.15, 0.2) is 5.01 Å². The van der Waals surface area contributed by atoms with Crippen molar-refractivity contribution >= 4 is 33.0 Å². The molecule has 1 amide bonds. The molecule has 0 radical (unpaired) electrons. The molecular formula is C27H34FN7O4S2. The molecule has 11 nitrogen and oxygen atoms in total. The van der Waals surface area contributed by atoms with Crippen LogP contribution < -0.4 is 14.8 Å². The quantitative estimate of drug-likeness (QED) is 0.315. The number of nitrogens with zero attached hydrogens (tertiary/aromatic N) is 5. The van der Waals surface area contributed by atoms with Crippen molar-refractivity contribution in [2.45, 2.75) is 62.9 Å². The number of anilines is 1. The van der Waals surface area contributed by atoms with Crippen LogP contribution in [0.4, 0.5) is 10.1 Å². The topological polar surface area (TPSA) is 139 Å². The summed E-state index contributed by atoms with van der Waals surface area (Å²) in [5, 5.41) is 2.84. The fourth-order valence-electron chi connectivity index (χ4n) is 5.14. The van der Waals surface area contributed by atoms with Crippen molar-refractivity contribution < 1.29 is 22.3 Å². The summed E-state index contributed by atoms with van der Waals surface area (Å²) in [5.74, 6) is -0.0138. The minimum Gasteiger partial charge on any atom is -0.477 e. The van der Waals surface area contributed by atoms with Gasteiger partial charge in [-0.1, -0.05) is 12.8 Å². The van der Waals surface area contributed by atoms with Gasteiger partial charge in [0.25, 0.3) is 5.91 Å². The average Bonchev–Trinajstić information content (AvgIpc) is 3.74. The summed E-state index contributed by atoms with van der Waals surface area (Å²) >= 11 is 1.17. The number of hydrogen-bond donors (Lipinski definition) is 2. The molecule has 1 aliphatic carbocycles. The number of thiazole rings is 1. The van der Waals surface area contributed by atoms with Crippen molar-refractivity contribution in [3.63, 3.8) is 0 Å². The van der Waals surface area contributed by atoms with Gasteiger partial charge in [-0.3, -0.25) is 19.5 Å². The zero-order chi connectivity index (χ0) is 28.8. The van der Waals surface area contributed by atoms with E-state index < -0.39 is 33.4 Å². The Morgan fingerprint density at radius 2 is 2.05 bits per heavy atom. The van der Waals surface area contributed by atoms with Crippen molar-refractivity contribution in [3.8, 4) is 16.5 Å². The van der Waals surface area contributed by atoms with E-state index in [0.29, 0.717) is 79.8 Å². The predicted octanol–water partition coefficient (Wildman–Crippen LogP) is 3.98. The molecule has 0 unspecified atom stereocenters. The SMILES string of the molecule is CCOc1cncc(-c2cnc(C(=O)N[C@@H](CCN3CC[C@H](F)C3)c3cc(NS(=O)(=O)C4CCCC4)ccn3)s2)n1. The first-order valence-electron chi connectivity index (χ1n) is 13.9. The van der Waals surface area contributed by atoms with E-state index in [1.807, 2.05) is 11.8 Å². The Balaban J connectivity index is 1.33. The van der Waals surface area contributed by atoms with E-state index in [2.05, 4.69) is 30.0 Å². The lowest BCUT2D eigenvalue weighted by Gasteiger charge is -2.22. The van der Waals surface area contributed by atoms with Gasteiger partial charge in [-0.05, 0) is 44.7 Å². The largest absolute Gasteiger partial charge is 0.477 e. The van der Waals surface area contributed by atoms with Gasteiger partial charge < -0.3 is 15.0 Å². The predicted molar refractivity (Wildman–Crippen MR) is 154 cm³/mol. The van der Waals surface area contributed by atoms with E-state index in [0.717, 1.165) is 12.8 Å². The molecule has 0 aromatic carbocycles. The van der Waals surface area contributed by atoms with E-state index in [9.17, 15) is 17.6 Å². The number of hydrogen-bond acceptors (Lipinski definition) is 10. The highest BCUT2D eigenvalue weighted by molar-refractivity contribution is 7.93. The van der Waals surface area contributed by atoms with Crippen LogP contribution in [0.25, 0.3) is 10.6 Å². The van der Waals surface area contributed by atoms with E-state index in [1.165, 1.54) is 23.7 Å². The number of halogens is 1. The second kappa shape index (κ2) is 13.2. The number of alkyl halides is 1. The van der Waals surface area contributed by atoms with Crippen molar-refractivity contribution in [2.75, 3.05) is 31.0 Å². The monoisotopic (exact) mass is 603 g/mol. The Hall–Kier alpha value is -3.23. The van der Waals surface area contributed by atoms with Gasteiger partial charge >= 0.3 is 0 Å². The summed E-state index contributed by atoms with van der Waals surface area (Å²) in [6.07, 6.45) is 9.39. The summed E-state index contributed by atoms with van der Waals surface area (Å²) < 4.78 is 47.7. The fourth-order valence-corrected chi connectivity index (χ4v) is 7.49. The maximum absolute atomic E-state index is 13.8. The van der Waals surface area contributed by atoms with Gasteiger partial charge in [-0.15, -0.1) is 11.3 Å². The van der Waals surface area contributed by atoms with Crippen LogP contribution in [0, 0.1) is 0 Å². The van der Waals surface area contributed by atoms with Gasteiger partial charge in [-0.25, -0.2) is 22.8 Å². The molecule has 3 aromatic rings. The van der Waals surface area contributed by atoms with E-state index in [-0.39, 0.29) is 5.01 Å². The molecule has 2 aliphatic rings. The van der Waals surface area contributed by atoms with Crippen molar-refractivity contribution in [3.05, 3.63) is 47.6 Å². The van der Waals surface area contributed by atoms with Crippen LogP contribution in [0.15, 0.2) is 36.9 Å². The Morgan fingerprint density at radius 3 is 2.80 bits per heavy atom. The zero-order valence-electron chi connectivity index (χ0n) is 22.8. The van der Waals surface area contributed by atoms with Gasteiger partial charge in [0.2, 0.25) is 15.9 Å². The molecule has 2 atom stereocenters. The summed E-state index contributed by atoms with van der Waals surface area (Å²) in [7, 11) is -3.53. The number of carbonyl (C=O) groups excluding carboxylic acids is 1. The van der Waals surface area contributed by atoms with Crippen LogP contribution in [0.3, 0.4) is 0 Å². The Kier molecular flexibility index (Phi) is 9.40. The number of amides is 1. The maximum atomic E-state index is 13.8. The number of rotatable bonds is 12. The van der Waals surface area contributed by atoms with Crippen LogP contribution >= 0.6 is 11.3 Å². The third kappa shape index (κ3) is 7.54. The van der Waals surface area contributed by atoms with E-state index in [1.54, 1.807) is 24.5 Å². The first-order chi connectivity index (χ1) is 19.8. The summed E-state index contributed by atoms with van der Waals surface area (Å²) in [6.45, 7) is 3.86. The van der Waals surface area contributed by atoms with E-state index >= 15 is 0 Å². The molecule has 5 rings (SSSR count). The molecule has 14 heteroatoms. The number of pyridine rings is 1. The first-order valence-corrected chi connectivity index (χ1v) is 16.2. The third-order valence-electron chi connectivity index (χ3n) is 7.25. The average molecular weight is 604 g/mol. The fraction of sp³-hybridized carbons (Fsp3) is 0.519. The number of carbonyl (C=O) groups is 1.